The molecule has 1 fully saturated rings. The van der Waals surface area contributed by atoms with E-state index in [9.17, 15) is 0 Å². The highest BCUT2D eigenvalue weighted by molar-refractivity contribution is 5.11. The first-order valence-corrected chi connectivity index (χ1v) is 6.85. The average Bonchev–Trinajstić information content (AvgIpc) is 3.01. The summed E-state index contributed by atoms with van der Waals surface area (Å²) in [6.45, 7) is 6.14. The number of ether oxygens (including phenoxy) is 2. The molecule has 2 rings (SSSR count). The van der Waals surface area contributed by atoms with Gasteiger partial charge in [0.1, 0.15) is 12.4 Å². The molecule has 1 aliphatic rings. The maximum absolute atomic E-state index is 5.60. The van der Waals surface area contributed by atoms with Crippen LogP contribution in [0.1, 0.15) is 37.5 Å². The minimum atomic E-state index is 0.283. The van der Waals surface area contributed by atoms with Crippen LogP contribution in [0.25, 0.3) is 0 Å². The number of rotatable bonds is 8. The maximum atomic E-state index is 5.60. The van der Waals surface area contributed by atoms with Gasteiger partial charge in [0.15, 0.2) is 0 Å². The molecule has 2 heterocycles. The van der Waals surface area contributed by atoms with Crippen molar-refractivity contribution in [1.29, 1.82) is 0 Å². The predicted octanol–water partition coefficient (Wildman–Crippen LogP) is 2.47. The summed E-state index contributed by atoms with van der Waals surface area (Å²) in [4.78, 5) is 0. The van der Waals surface area contributed by atoms with E-state index in [0.29, 0.717) is 13.2 Å². The van der Waals surface area contributed by atoms with Gasteiger partial charge in [0.2, 0.25) is 0 Å². The highest BCUT2D eigenvalue weighted by Crippen LogP contribution is 2.14. The minimum absolute atomic E-state index is 0.283. The van der Waals surface area contributed by atoms with Gasteiger partial charge in [-0.15, -0.1) is 0 Å². The number of hydrogen-bond acceptors (Lipinski definition) is 4. The molecule has 1 aromatic rings. The normalized spacial score (nSPS) is 19.5. The third kappa shape index (κ3) is 4.44. The molecular formula is C14H23NO3. The second-order valence-corrected chi connectivity index (χ2v) is 4.75. The van der Waals surface area contributed by atoms with Gasteiger partial charge in [-0.3, -0.25) is 0 Å². The first kappa shape index (κ1) is 13.6. The summed E-state index contributed by atoms with van der Waals surface area (Å²) >= 11 is 0. The van der Waals surface area contributed by atoms with E-state index in [1.807, 2.05) is 0 Å². The summed E-state index contributed by atoms with van der Waals surface area (Å²) in [6, 6.07) is 2.05. The van der Waals surface area contributed by atoms with Gasteiger partial charge in [0.25, 0.3) is 0 Å². The second-order valence-electron chi connectivity index (χ2n) is 4.75. The van der Waals surface area contributed by atoms with Crippen LogP contribution in [0.5, 0.6) is 0 Å². The molecule has 0 aromatic carbocycles. The molecule has 0 aliphatic carbocycles. The predicted molar refractivity (Wildman–Crippen MR) is 69.3 cm³/mol. The average molecular weight is 253 g/mol. The Labute approximate surface area is 109 Å². The molecule has 1 aromatic heterocycles. The summed E-state index contributed by atoms with van der Waals surface area (Å²) in [5, 5.41) is 3.34. The molecule has 1 aliphatic heterocycles. The molecule has 1 N–H and O–H groups in total. The summed E-state index contributed by atoms with van der Waals surface area (Å²) in [5.74, 6) is 0.890. The lowest BCUT2D eigenvalue weighted by Crippen LogP contribution is -2.14. The van der Waals surface area contributed by atoms with E-state index < -0.39 is 0 Å². The van der Waals surface area contributed by atoms with Crippen molar-refractivity contribution in [2.45, 2.75) is 45.4 Å². The van der Waals surface area contributed by atoms with Crippen molar-refractivity contribution >= 4 is 0 Å². The van der Waals surface area contributed by atoms with Crippen LogP contribution in [-0.2, 0) is 22.6 Å². The first-order chi connectivity index (χ1) is 8.88. The van der Waals surface area contributed by atoms with Crippen LogP contribution in [-0.4, -0.2) is 25.9 Å². The quantitative estimate of drug-likeness (QED) is 0.723. The van der Waals surface area contributed by atoms with E-state index in [-0.39, 0.29) is 6.10 Å². The van der Waals surface area contributed by atoms with Crippen molar-refractivity contribution in [2.75, 3.05) is 19.8 Å². The molecule has 1 saturated heterocycles. The summed E-state index contributed by atoms with van der Waals surface area (Å²) in [6.07, 6.45) is 5.50. The van der Waals surface area contributed by atoms with Crippen LogP contribution in [0.2, 0.25) is 0 Å². The second kappa shape index (κ2) is 7.56. The Bertz CT molecular complexity index is 332. The molecular weight excluding hydrogens is 230 g/mol. The van der Waals surface area contributed by atoms with Gasteiger partial charge in [-0.2, -0.15) is 0 Å². The first-order valence-electron chi connectivity index (χ1n) is 6.85. The Balaban J connectivity index is 1.63. The smallest absolute Gasteiger partial charge is 0.129 e. The van der Waals surface area contributed by atoms with E-state index in [2.05, 4.69) is 18.3 Å². The van der Waals surface area contributed by atoms with Crippen molar-refractivity contribution < 1.29 is 13.9 Å². The summed E-state index contributed by atoms with van der Waals surface area (Å²) in [7, 11) is 0. The number of furan rings is 1. The number of nitrogens with one attached hydrogen (secondary N) is 1. The summed E-state index contributed by atoms with van der Waals surface area (Å²) < 4.78 is 16.6. The van der Waals surface area contributed by atoms with Crippen LogP contribution in [0.3, 0.4) is 0 Å². The zero-order chi connectivity index (χ0) is 12.6. The maximum Gasteiger partial charge on any atom is 0.129 e. The molecule has 0 spiro atoms. The Morgan fingerprint density at radius 2 is 2.44 bits per heavy atom. The fourth-order valence-electron chi connectivity index (χ4n) is 2.07. The third-order valence-corrected chi connectivity index (χ3v) is 3.04. The fraction of sp³-hybridized carbons (Fsp3) is 0.714. The van der Waals surface area contributed by atoms with Gasteiger partial charge < -0.3 is 19.2 Å². The third-order valence-electron chi connectivity index (χ3n) is 3.04. The molecule has 0 bridgehead atoms. The minimum Gasteiger partial charge on any atom is -0.467 e. The van der Waals surface area contributed by atoms with Crippen molar-refractivity contribution in [3.05, 3.63) is 23.7 Å². The Morgan fingerprint density at radius 1 is 1.50 bits per heavy atom. The van der Waals surface area contributed by atoms with Gasteiger partial charge in [-0.1, -0.05) is 6.92 Å². The van der Waals surface area contributed by atoms with Gasteiger partial charge in [-0.25, -0.2) is 0 Å². The zero-order valence-corrected chi connectivity index (χ0v) is 11.1. The summed E-state index contributed by atoms with van der Waals surface area (Å²) in [5.41, 5.74) is 1.18. The molecule has 0 radical (unpaired) electrons. The van der Waals surface area contributed by atoms with E-state index in [0.717, 1.165) is 44.7 Å². The topological polar surface area (TPSA) is 43.6 Å². The lowest BCUT2D eigenvalue weighted by atomic mass is 10.2. The molecule has 0 amide bonds. The standard InChI is InChI=1S/C14H23NO3/c1-2-5-15-8-12-7-14(18-9-12)11-16-10-13-4-3-6-17-13/h7,9,13,15H,2-6,8,10-11H2,1H3. The molecule has 1 atom stereocenters. The van der Waals surface area contributed by atoms with Crippen LogP contribution in [0, 0.1) is 0 Å². The van der Waals surface area contributed by atoms with Crippen LogP contribution < -0.4 is 5.32 Å². The van der Waals surface area contributed by atoms with Crippen LogP contribution in [0.15, 0.2) is 16.7 Å². The van der Waals surface area contributed by atoms with Crippen molar-refractivity contribution in [3.8, 4) is 0 Å². The monoisotopic (exact) mass is 253 g/mol. The number of hydrogen-bond donors (Lipinski definition) is 1. The van der Waals surface area contributed by atoms with Gasteiger partial charge in [0, 0.05) is 18.7 Å². The Kier molecular flexibility index (Phi) is 5.71. The lowest BCUT2D eigenvalue weighted by molar-refractivity contribution is 0.00581. The van der Waals surface area contributed by atoms with Crippen LogP contribution in [0.4, 0.5) is 0 Å². The molecule has 102 valence electrons. The van der Waals surface area contributed by atoms with E-state index >= 15 is 0 Å². The molecule has 0 saturated carbocycles. The molecule has 18 heavy (non-hydrogen) atoms. The van der Waals surface area contributed by atoms with Crippen molar-refractivity contribution in [2.24, 2.45) is 0 Å². The van der Waals surface area contributed by atoms with Gasteiger partial charge in [-0.05, 0) is 31.9 Å². The lowest BCUT2D eigenvalue weighted by Gasteiger charge is -2.08. The fourth-order valence-corrected chi connectivity index (χ4v) is 2.07. The van der Waals surface area contributed by atoms with Crippen LogP contribution >= 0.6 is 0 Å². The highest BCUT2D eigenvalue weighted by atomic mass is 16.5. The Morgan fingerprint density at radius 3 is 3.22 bits per heavy atom. The van der Waals surface area contributed by atoms with Crippen molar-refractivity contribution in [1.82, 2.24) is 5.32 Å². The molecule has 1 unspecified atom stereocenters. The Hall–Kier alpha value is -0.840. The van der Waals surface area contributed by atoms with E-state index in [1.54, 1.807) is 6.26 Å². The molecule has 4 nitrogen and oxygen atoms in total. The van der Waals surface area contributed by atoms with Gasteiger partial charge >= 0.3 is 0 Å². The van der Waals surface area contributed by atoms with Gasteiger partial charge in [0.05, 0.1) is 19.0 Å². The van der Waals surface area contributed by atoms with E-state index in [1.165, 1.54) is 5.56 Å². The SMILES string of the molecule is CCCNCc1coc(COCC2CCCO2)c1. The van der Waals surface area contributed by atoms with E-state index in [4.69, 9.17) is 13.9 Å². The molecule has 4 heteroatoms. The van der Waals surface area contributed by atoms with Crippen molar-refractivity contribution in [3.63, 3.8) is 0 Å². The largest absolute Gasteiger partial charge is 0.467 e. The highest BCUT2D eigenvalue weighted by Gasteiger charge is 2.15. The zero-order valence-electron chi connectivity index (χ0n) is 11.1.